The van der Waals surface area contributed by atoms with Crippen molar-refractivity contribution >= 4 is 12.2 Å². The first-order valence-corrected chi connectivity index (χ1v) is 5.02. The van der Waals surface area contributed by atoms with Crippen LogP contribution in [0.15, 0.2) is 40.4 Å². The van der Waals surface area contributed by atoms with Gasteiger partial charge in [0.2, 0.25) is 5.95 Å². The van der Waals surface area contributed by atoms with Crippen LogP contribution in [0.1, 0.15) is 11.1 Å². The molecular formula is C11H11N5O. The van der Waals surface area contributed by atoms with Crippen LogP contribution in [0.5, 0.6) is 0 Å². The second kappa shape index (κ2) is 5.02. The molecule has 17 heavy (non-hydrogen) atoms. The van der Waals surface area contributed by atoms with Gasteiger partial charge in [-0.25, -0.2) is 5.43 Å². The van der Waals surface area contributed by atoms with Crippen molar-refractivity contribution < 1.29 is 0 Å². The van der Waals surface area contributed by atoms with E-state index in [1.165, 1.54) is 0 Å². The number of hydrogen-bond acceptors (Lipinski definition) is 5. The molecule has 0 unspecified atom stereocenters. The lowest BCUT2D eigenvalue weighted by molar-refractivity contribution is 0.939. The van der Waals surface area contributed by atoms with Gasteiger partial charge in [-0.3, -0.25) is 9.78 Å². The Morgan fingerprint density at radius 2 is 2.24 bits per heavy atom. The molecule has 86 valence electrons. The van der Waals surface area contributed by atoms with E-state index < -0.39 is 0 Å². The van der Waals surface area contributed by atoms with Crippen LogP contribution < -0.4 is 11.0 Å². The minimum Gasteiger partial charge on any atom is -0.289 e. The third-order valence-electron chi connectivity index (χ3n) is 2.14. The maximum atomic E-state index is 10.9. The highest BCUT2D eigenvalue weighted by Gasteiger charge is 1.93. The Morgan fingerprint density at radius 1 is 1.41 bits per heavy atom. The summed E-state index contributed by atoms with van der Waals surface area (Å²) in [6.07, 6.45) is 2.75. The number of aryl methyl sites for hydroxylation is 1. The molecule has 0 atom stereocenters. The van der Waals surface area contributed by atoms with E-state index in [2.05, 4.69) is 25.7 Å². The number of nitrogens with zero attached hydrogens (tertiary/aromatic N) is 3. The topological polar surface area (TPSA) is 83.0 Å². The highest BCUT2D eigenvalue weighted by Crippen LogP contribution is 2.03. The normalized spacial score (nSPS) is 10.6. The molecule has 1 aromatic carbocycles. The first-order valence-electron chi connectivity index (χ1n) is 5.02. The maximum absolute atomic E-state index is 10.9. The van der Waals surface area contributed by atoms with Crippen LogP contribution >= 0.6 is 0 Å². The van der Waals surface area contributed by atoms with E-state index in [4.69, 9.17) is 0 Å². The Hall–Kier alpha value is -2.50. The fourth-order valence-electron chi connectivity index (χ4n) is 1.26. The molecule has 0 amide bonds. The Kier molecular flexibility index (Phi) is 3.25. The number of nitrogens with one attached hydrogen (secondary N) is 2. The Balaban J connectivity index is 2.08. The first kappa shape index (κ1) is 11.0. The molecule has 2 rings (SSSR count). The molecule has 0 aliphatic heterocycles. The Morgan fingerprint density at radius 3 is 3.00 bits per heavy atom. The van der Waals surface area contributed by atoms with Crippen LogP contribution in [-0.4, -0.2) is 21.4 Å². The van der Waals surface area contributed by atoms with Crippen molar-refractivity contribution in [3.05, 3.63) is 51.9 Å². The summed E-state index contributed by atoms with van der Waals surface area (Å²) in [6, 6.07) is 7.82. The smallest absolute Gasteiger partial charge is 0.271 e. The van der Waals surface area contributed by atoms with Gasteiger partial charge >= 0.3 is 0 Å². The van der Waals surface area contributed by atoms with Crippen LogP contribution in [0.4, 0.5) is 5.95 Å². The first-order chi connectivity index (χ1) is 8.25. The minimum atomic E-state index is -0.325. The number of hydrogen-bond donors (Lipinski definition) is 2. The standard InChI is InChI=1S/C11H11N5O/c1-8-4-2-3-5-9(8)6-12-15-11-14-10(17)7-13-16-11/h2-7H,1H3,(H2,14,15,16,17)/b12-6+. The van der Waals surface area contributed by atoms with Crippen molar-refractivity contribution in [2.24, 2.45) is 5.10 Å². The molecule has 1 heterocycles. The molecule has 0 radical (unpaired) electrons. The van der Waals surface area contributed by atoms with E-state index >= 15 is 0 Å². The average molecular weight is 229 g/mol. The second-order valence-electron chi connectivity index (χ2n) is 3.41. The summed E-state index contributed by atoms with van der Waals surface area (Å²) in [4.78, 5) is 13.4. The summed E-state index contributed by atoms with van der Waals surface area (Å²) in [5.41, 5.74) is 4.38. The van der Waals surface area contributed by atoms with E-state index in [1.807, 2.05) is 31.2 Å². The van der Waals surface area contributed by atoms with Crippen molar-refractivity contribution in [1.29, 1.82) is 0 Å². The van der Waals surface area contributed by atoms with Crippen LogP contribution in [0.2, 0.25) is 0 Å². The molecular weight excluding hydrogens is 218 g/mol. The van der Waals surface area contributed by atoms with Gasteiger partial charge in [0.05, 0.1) is 6.21 Å². The number of anilines is 1. The maximum Gasteiger partial charge on any atom is 0.271 e. The van der Waals surface area contributed by atoms with E-state index in [1.54, 1.807) is 6.21 Å². The van der Waals surface area contributed by atoms with E-state index in [-0.39, 0.29) is 11.5 Å². The lowest BCUT2D eigenvalue weighted by Crippen LogP contribution is -2.10. The molecule has 2 N–H and O–H groups in total. The van der Waals surface area contributed by atoms with E-state index in [0.29, 0.717) is 0 Å². The molecule has 0 saturated carbocycles. The molecule has 6 heteroatoms. The number of hydrazone groups is 1. The van der Waals surface area contributed by atoms with Gasteiger partial charge in [0.25, 0.3) is 5.56 Å². The molecule has 0 bridgehead atoms. The summed E-state index contributed by atoms with van der Waals surface area (Å²) >= 11 is 0. The van der Waals surface area contributed by atoms with Crippen LogP contribution in [-0.2, 0) is 0 Å². The highest BCUT2D eigenvalue weighted by molar-refractivity contribution is 5.81. The van der Waals surface area contributed by atoms with Crippen molar-refractivity contribution in [1.82, 2.24) is 15.2 Å². The third-order valence-corrected chi connectivity index (χ3v) is 2.14. The minimum absolute atomic E-state index is 0.210. The average Bonchev–Trinajstić information content (AvgIpc) is 2.32. The predicted molar refractivity (Wildman–Crippen MR) is 65.0 cm³/mol. The summed E-state index contributed by atoms with van der Waals surface area (Å²) in [5, 5.41) is 11.1. The number of H-pyrrole nitrogens is 1. The van der Waals surface area contributed by atoms with Gasteiger partial charge in [0.15, 0.2) is 0 Å². The SMILES string of the molecule is Cc1ccccc1/C=N/Nc1nncc(=O)[nH]1. The third kappa shape index (κ3) is 2.97. The summed E-state index contributed by atoms with van der Waals surface area (Å²) in [5.74, 6) is 0.210. The van der Waals surface area contributed by atoms with Gasteiger partial charge in [-0.15, -0.1) is 10.2 Å². The monoisotopic (exact) mass is 229 g/mol. The van der Waals surface area contributed by atoms with Crippen molar-refractivity contribution in [3.63, 3.8) is 0 Å². The molecule has 0 saturated heterocycles. The van der Waals surface area contributed by atoms with Gasteiger partial charge < -0.3 is 0 Å². The van der Waals surface area contributed by atoms with Gasteiger partial charge in [0.1, 0.15) is 6.20 Å². The number of rotatable bonds is 3. The van der Waals surface area contributed by atoms with E-state index in [0.717, 1.165) is 17.3 Å². The number of aromatic nitrogens is 3. The zero-order valence-electron chi connectivity index (χ0n) is 9.21. The molecule has 0 spiro atoms. The van der Waals surface area contributed by atoms with Gasteiger partial charge in [0, 0.05) is 0 Å². The van der Waals surface area contributed by atoms with E-state index in [9.17, 15) is 4.79 Å². The zero-order chi connectivity index (χ0) is 12.1. The van der Waals surface area contributed by atoms with Crippen molar-refractivity contribution in [2.45, 2.75) is 6.92 Å². The van der Waals surface area contributed by atoms with Crippen molar-refractivity contribution in [3.8, 4) is 0 Å². The molecule has 0 aliphatic rings. The lowest BCUT2D eigenvalue weighted by Gasteiger charge is -1.99. The summed E-state index contributed by atoms with van der Waals surface area (Å²) in [6.45, 7) is 1.99. The Bertz CT molecular complexity index is 590. The summed E-state index contributed by atoms with van der Waals surface area (Å²) in [7, 11) is 0. The lowest BCUT2D eigenvalue weighted by atomic mass is 10.1. The fourth-order valence-corrected chi connectivity index (χ4v) is 1.26. The quantitative estimate of drug-likeness (QED) is 0.605. The molecule has 0 aliphatic carbocycles. The predicted octanol–water partition coefficient (Wildman–Crippen LogP) is 0.919. The highest BCUT2D eigenvalue weighted by atomic mass is 16.1. The zero-order valence-corrected chi connectivity index (χ0v) is 9.21. The van der Waals surface area contributed by atoms with Crippen LogP contribution in [0.3, 0.4) is 0 Å². The number of aromatic amines is 1. The fraction of sp³-hybridized carbons (Fsp3) is 0.0909. The number of benzene rings is 1. The summed E-state index contributed by atoms with van der Waals surface area (Å²) < 4.78 is 0. The molecule has 1 aromatic heterocycles. The largest absolute Gasteiger partial charge is 0.289 e. The van der Waals surface area contributed by atoms with Crippen molar-refractivity contribution in [2.75, 3.05) is 5.43 Å². The van der Waals surface area contributed by atoms with Gasteiger partial charge in [-0.1, -0.05) is 24.3 Å². The van der Waals surface area contributed by atoms with Crippen LogP contribution in [0, 0.1) is 6.92 Å². The van der Waals surface area contributed by atoms with Gasteiger partial charge in [-0.05, 0) is 18.1 Å². The van der Waals surface area contributed by atoms with Crippen LogP contribution in [0.25, 0.3) is 0 Å². The molecule has 0 fully saturated rings. The Labute approximate surface area is 97.4 Å². The van der Waals surface area contributed by atoms with Gasteiger partial charge in [-0.2, -0.15) is 5.10 Å². The second-order valence-corrected chi connectivity index (χ2v) is 3.41. The molecule has 6 nitrogen and oxygen atoms in total. The molecule has 2 aromatic rings.